The van der Waals surface area contributed by atoms with Crippen molar-refractivity contribution in [2.75, 3.05) is 6.54 Å². The van der Waals surface area contributed by atoms with Gasteiger partial charge in [-0.2, -0.15) is 0 Å². The minimum Gasteiger partial charge on any atom is -0.307 e. The van der Waals surface area contributed by atoms with Crippen LogP contribution in [0.15, 0.2) is 45.3 Å². The van der Waals surface area contributed by atoms with Gasteiger partial charge in [0.25, 0.3) is 0 Å². The summed E-state index contributed by atoms with van der Waals surface area (Å²) in [5, 5.41) is 3.47. The molecule has 1 N–H and O–H groups in total. The fourth-order valence-electron chi connectivity index (χ4n) is 2.23. The zero-order valence-corrected chi connectivity index (χ0v) is 14.6. The van der Waals surface area contributed by atoms with E-state index in [4.69, 9.17) is 0 Å². The predicted octanol–water partition coefficient (Wildman–Crippen LogP) is 5.36. The molecule has 0 spiro atoms. The molecule has 1 atom stereocenters. The fourth-order valence-corrected chi connectivity index (χ4v) is 3.00. The molecule has 0 saturated heterocycles. The van der Waals surface area contributed by atoms with Crippen molar-refractivity contribution in [3.05, 3.63) is 67.9 Å². The molecule has 0 aliphatic carbocycles. The average Bonchev–Trinajstić information content (AvgIpc) is 2.42. The molecule has 20 heavy (non-hydrogen) atoms. The highest BCUT2D eigenvalue weighted by molar-refractivity contribution is 9.10. The summed E-state index contributed by atoms with van der Waals surface area (Å²) in [5.41, 5.74) is 3.45. The van der Waals surface area contributed by atoms with Crippen LogP contribution in [0.1, 0.15) is 29.7 Å². The molecule has 0 bridgehead atoms. The molecular weight excluding hydrogens is 385 g/mol. The number of hydrogen-bond acceptors (Lipinski definition) is 1. The van der Waals surface area contributed by atoms with Crippen LogP contribution in [0.3, 0.4) is 0 Å². The van der Waals surface area contributed by atoms with E-state index < -0.39 is 0 Å². The van der Waals surface area contributed by atoms with Gasteiger partial charge < -0.3 is 5.32 Å². The van der Waals surface area contributed by atoms with Gasteiger partial charge in [-0.25, -0.2) is 4.39 Å². The lowest BCUT2D eigenvalue weighted by Crippen LogP contribution is -2.22. The maximum absolute atomic E-state index is 13.4. The van der Waals surface area contributed by atoms with Crippen LogP contribution in [0.25, 0.3) is 0 Å². The van der Waals surface area contributed by atoms with E-state index in [9.17, 15) is 4.39 Å². The number of rotatable bonds is 4. The van der Waals surface area contributed by atoms with Crippen molar-refractivity contribution in [3.8, 4) is 0 Å². The molecular formula is C16H16Br2FN. The van der Waals surface area contributed by atoms with Crippen LogP contribution in [-0.4, -0.2) is 6.54 Å². The summed E-state index contributed by atoms with van der Waals surface area (Å²) in [6.45, 7) is 5.00. The highest BCUT2D eigenvalue weighted by Gasteiger charge is 2.16. The van der Waals surface area contributed by atoms with Gasteiger partial charge in [0.15, 0.2) is 0 Å². The van der Waals surface area contributed by atoms with Gasteiger partial charge in [0, 0.05) is 4.47 Å². The SMILES string of the molecule is CCNC(c1ccc(F)c(Br)c1)c1cc(Br)ccc1C. The van der Waals surface area contributed by atoms with Crippen LogP contribution in [-0.2, 0) is 0 Å². The molecule has 1 nitrogen and oxygen atoms in total. The number of nitrogens with one attached hydrogen (secondary N) is 1. The molecule has 0 amide bonds. The summed E-state index contributed by atoms with van der Waals surface area (Å²) < 4.78 is 15.0. The summed E-state index contributed by atoms with van der Waals surface area (Å²) in [6, 6.07) is 11.4. The lowest BCUT2D eigenvalue weighted by Gasteiger charge is -2.21. The molecule has 4 heteroatoms. The van der Waals surface area contributed by atoms with E-state index in [-0.39, 0.29) is 11.9 Å². The van der Waals surface area contributed by atoms with E-state index in [1.165, 1.54) is 17.2 Å². The monoisotopic (exact) mass is 399 g/mol. The predicted molar refractivity (Wildman–Crippen MR) is 88.5 cm³/mol. The summed E-state index contributed by atoms with van der Waals surface area (Å²) in [6.07, 6.45) is 0. The fraction of sp³-hybridized carbons (Fsp3) is 0.250. The average molecular weight is 401 g/mol. The van der Waals surface area contributed by atoms with Gasteiger partial charge in [0.05, 0.1) is 10.5 Å². The van der Waals surface area contributed by atoms with Crippen molar-refractivity contribution < 1.29 is 4.39 Å². The Balaban J connectivity index is 2.49. The summed E-state index contributed by atoms with van der Waals surface area (Å²) in [5.74, 6) is -0.241. The highest BCUT2D eigenvalue weighted by atomic mass is 79.9. The van der Waals surface area contributed by atoms with E-state index in [0.29, 0.717) is 4.47 Å². The first kappa shape index (κ1) is 15.7. The van der Waals surface area contributed by atoms with Gasteiger partial charge >= 0.3 is 0 Å². The van der Waals surface area contributed by atoms with E-state index in [1.54, 1.807) is 0 Å². The molecule has 0 aliphatic rings. The maximum atomic E-state index is 13.4. The molecule has 0 radical (unpaired) electrons. The van der Waals surface area contributed by atoms with Crippen LogP contribution >= 0.6 is 31.9 Å². The third-order valence-electron chi connectivity index (χ3n) is 3.24. The Kier molecular flexibility index (Phi) is 5.35. The summed E-state index contributed by atoms with van der Waals surface area (Å²) in [7, 11) is 0. The Morgan fingerprint density at radius 1 is 1.15 bits per heavy atom. The Labute approximate surface area is 135 Å². The van der Waals surface area contributed by atoms with Crippen LogP contribution in [0.4, 0.5) is 4.39 Å². The summed E-state index contributed by atoms with van der Waals surface area (Å²) in [4.78, 5) is 0. The molecule has 0 aromatic heterocycles. The van der Waals surface area contributed by atoms with Crippen molar-refractivity contribution in [3.63, 3.8) is 0 Å². The maximum Gasteiger partial charge on any atom is 0.137 e. The molecule has 106 valence electrons. The van der Waals surface area contributed by atoms with Gasteiger partial charge in [0.1, 0.15) is 5.82 Å². The first-order valence-corrected chi connectivity index (χ1v) is 8.06. The number of aryl methyl sites for hydroxylation is 1. The van der Waals surface area contributed by atoms with Crippen LogP contribution in [0, 0.1) is 12.7 Å². The summed E-state index contributed by atoms with van der Waals surface area (Å²) >= 11 is 6.78. The minimum atomic E-state index is -0.241. The zero-order chi connectivity index (χ0) is 14.7. The van der Waals surface area contributed by atoms with Crippen molar-refractivity contribution in [1.82, 2.24) is 5.32 Å². The van der Waals surface area contributed by atoms with Gasteiger partial charge in [-0.3, -0.25) is 0 Å². The minimum absolute atomic E-state index is 0.0504. The van der Waals surface area contributed by atoms with Crippen LogP contribution in [0.2, 0.25) is 0 Å². The molecule has 2 aromatic carbocycles. The Morgan fingerprint density at radius 2 is 1.90 bits per heavy atom. The topological polar surface area (TPSA) is 12.0 Å². The second kappa shape index (κ2) is 6.83. The number of hydrogen-bond donors (Lipinski definition) is 1. The largest absolute Gasteiger partial charge is 0.307 e. The molecule has 0 heterocycles. The standard InChI is InChI=1S/C16H16Br2FN/c1-3-20-16(11-5-7-15(19)14(18)8-11)13-9-12(17)6-4-10(13)2/h4-9,16,20H,3H2,1-2H3. The highest BCUT2D eigenvalue weighted by Crippen LogP contribution is 2.29. The first-order valence-electron chi connectivity index (χ1n) is 6.47. The van der Waals surface area contributed by atoms with Crippen molar-refractivity contribution in [2.45, 2.75) is 19.9 Å². The van der Waals surface area contributed by atoms with Crippen molar-refractivity contribution >= 4 is 31.9 Å². The third-order valence-corrected chi connectivity index (χ3v) is 4.34. The third kappa shape index (κ3) is 3.48. The van der Waals surface area contributed by atoms with Crippen LogP contribution in [0.5, 0.6) is 0 Å². The Morgan fingerprint density at radius 3 is 2.55 bits per heavy atom. The molecule has 0 aliphatic heterocycles. The molecule has 0 saturated carbocycles. The van der Waals surface area contributed by atoms with Crippen molar-refractivity contribution in [2.24, 2.45) is 0 Å². The normalized spacial score (nSPS) is 12.4. The second-order valence-corrected chi connectivity index (χ2v) is 6.44. The lowest BCUT2D eigenvalue weighted by molar-refractivity contribution is 0.607. The Hall–Kier alpha value is -0.710. The molecule has 0 fully saturated rings. The van der Waals surface area contributed by atoms with E-state index in [0.717, 1.165) is 16.6 Å². The second-order valence-electron chi connectivity index (χ2n) is 4.67. The van der Waals surface area contributed by atoms with E-state index >= 15 is 0 Å². The van der Waals surface area contributed by atoms with Gasteiger partial charge in [0.2, 0.25) is 0 Å². The van der Waals surface area contributed by atoms with Crippen molar-refractivity contribution in [1.29, 1.82) is 0 Å². The smallest absolute Gasteiger partial charge is 0.137 e. The van der Waals surface area contributed by atoms with Crippen LogP contribution < -0.4 is 5.32 Å². The number of benzene rings is 2. The lowest BCUT2D eigenvalue weighted by atomic mass is 9.95. The van der Waals surface area contributed by atoms with Gasteiger partial charge in [-0.05, 0) is 70.4 Å². The number of halogens is 3. The quantitative estimate of drug-likeness (QED) is 0.728. The van der Waals surface area contributed by atoms with E-state index in [1.807, 2.05) is 18.2 Å². The molecule has 2 aromatic rings. The molecule has 2 rings (SSSR count). The van der Waals surface area contributed by atoms with Gasteiger partial charge in [-0.1, -0.05) is 35.0 Å². The molecule has 1 unspecified atom stereocenters. The zero-order valence-electron chi connectivity index (χ0n) is 11.4. The Bertz CT molecular complexity index is 613. The first-order chi connectivity index (χ1) is 9.52. The van der Waals surface area contributed by atoms with E-state index in [2.05, 4.69) is 63.2 Å². The van der Waals surface area contributed by atoms with Gasteiger partial charge in [-0.15, -0.1) is 0 Å².